The molecule has 0 unspecified atom stereocenters. The molecule has 17 heavy (non-hydrogen) atoms. The summed E-state index contributed by atoms with van der Waals surface area (Å²) in [5, 5.41) is 3.30. The van der Waals surface area contributed by atoms with E-state index in [2.05, 4.69) is 5.32 Å². The molecule has 1 N–H and O–H groups in total. The van der Waals surface area contributed by atoms with Crippen molar-refractivity contribution in [1.29, 1.82) is 0 Å². The van der Waals surface area contributed by atoms with Crippen LogP contribution in [0.15, 0.2) is 23.4 Å². The van der Waals surface area contributed by atoms with E-state index in [4.69, 9.17) is 0 Å². The molecule has 0 heterocycles. The van der Waals surface area contributed by atoms with Crippen LogP contribution in [0, 0.1) is 0 Å². The van der Waals surface area contributed by atoms with Crippen molar-refractivity contribution in [2.45, 2.75) is 45.4 Å². The standard InChI is InChI=1S/C14H21NO2/c1-12(11-16)6-3-2-4-9-15-13-7-5-8-14(17)10-13/h6,10-11,15H,2-5,7-9H2,1H3/b12-6+. The third-order valence-corrected chi connectivity index (χ3v) is 2.84. The summed E-state index contributed by atoms with van der Waals surface area (Å²) in [4.78, 5) is 21.5. The van der Waals surface area contributed by atoms with Crippen molar-refractivity contribution >= 4 is 12.1 Å². The maximum atomic E-state index is 11.2. The minimum Gasteiger partial charge on any atom is -0.388 e. The first kappa shape index (κ1) is 13.7. The average molecular weight is 235 g/mol. The lowest BCUT2D eigenvalue weighted by Gasteiger charge is -2.13. The predicted molar refractivity (Wildman–Crippen MR) is 68.6 cm³/mol. The Hall–Kier alpha value is -1.38. The molecule has 3 nitrogen and oxygen atoms in total. The number of hydrogen-bond donors (Lipinski definition) is 1. The Morgan fingerprint density at radius 3 is 2.94 bits per heavy atom. The molecule has 0 fully saturated rings. The molecule has 0 atom stereocenters. The van der Waals surface area contributed by atoms with Gasteiger partial charge in [-0.05, 0) is 44.6 Å². The van der Waals surface area contributed by atoms with Crippen LogP contribution < -0.4 is 5.32 Å². The summed E-state index contributed by atoms with van der Waals surface area (Å²) < 4.78 is 0. The SMILES string of the molecule is C/C(C=O)=C\CCCCNC1=CC(=O)CCC1. The van der Waals surface area contributed by atoms with Crippen LogP contribution in [0.2, 0.25) is 0 Å². The molecule has 94 valence electrons. The van der Waals surface area contributed by atoms with Crippen LogP contribution >= 0.6 is 0 Å². The number of hydrogen-bond acceptors (Lipinski definition) is 3. The molecule has 0 spiro atoms. The molecule has 0 saturated heterocycles. The monoisotopic (exact) mass is 235 g/mol. The van der Waals surface area contributed by atoms with E-state index in [1.165, 1.54) is 0 Å². The fourth-order valence-corrected chi connectivity index (χ4v) is 1.83. The molecule has 1 aliphatic carbocycles. The van der Waals surface area contributed by atoms with Crippen LogP contribution in [-0.4, -0.2) is 18.6 Å². The lowest BCUT2D eigenvalue weighted by atomic mass is 10.0. The second-order valence-electron chi connectivity index (χ2n) is 4.48. The Kier molecular flexibility index (Phi) is 6.30. The number of rotatable bonds is 7. The van der Waals surface area contributed by atoms with Crippen molar-refractivity contribution in [1.82, 2.24) is 5.32 Å². The van der Waals surface area contributed by atoms with E-state index in [-0.39, 0.29) is 5.78 Å². The third-order valence-electron chi connectivity index (χ3n) is 2.84. The first-order valence-corrected chi connectivity index (χ1v) is 6.31. The quantitative estimate of drug-likeness (QED) is 0.419. The van der Waals surface area contributed by atoms with Crippen molar-refractivity contribution in [3.05, 3.63) is 23.4 Å². The Bertz CT molecular complexity index is 329. The Balaban J connectivity index is 2.08. The van der Waals surface area contributed by atoms with Crippen molar-refractivity contribution in [2.75, 3.05) is 6.54 Å². The molecule has 0 aromatic heterocycles. The first-order valence-electron chi connectivity index (χ1n) is 6.31. The van der Waals surface area contributed by atoms with Gasteiger partial charge < -0.3 is 5.32 Å². The summed E-state index contributed by atoms with van der Waals surface area (Å²) >= 11 is 0. The zero-order chi connectivity index (χ0) is 12.5. The van der Waals surface area contributed by atoms with Gasteiger partial charge in [0, 0.05) is 24.7 Å². The summed E-state index contributed by atoms with van der Waals surface area (Å²) in [6.45, 7) is 2.73. The molecule has 1 rings (SSSR count). The van der Waals surface area contributed by atoms with E-state index >= 15 is 0 Å². The van der Waals surface area contributed by atoms with E-state index < -0.39 is 0 Å². The fraction of sp³-hybridized carbons (Fsp3) is 0.571. The van der Waals surface area contributed by atoms with Crippen molar-refractivity contribution in [3.8, 4) is 0 Å². The molecular formula is C14H21NO2. The molecule has 3 heteroatoms. The maximum Gasteiger partial charge on any atom is 0.157 e. The van der Waals surface area contributed by atoms with Gasteiger partial charge in [-0.3, -0.25) is 9.59 Å². The fourth-order valence-electron chi connectivity index (χ4n) is 1.83. The smallest absolute Gasteiger partial charge is 0.157 e. The third kappa shape index (κ3) is 6.05. The number of aldehydes is 1. The van der Waals surface area contributed by atoms with Crippen molar-refractivity contribution < 1.29 is 9.59 Å². The highest BCUT2D eigenvalue weighted by Gasteiger charge is 2.08. The molecular weight excluding hydrogens is 214 g/mol. The molecule has 0 bridgehead atoms. The molecule has 0 aromatic rings. The lowest BCUT2D eigenvalue weighted by Crippen LogP contribution is -2.18. The van der Waals surface area contributed by atoms with Crippen LogP contribution in [0.1, 0.15) is 45.4 Å². The summed E-state index contributed by atoms with van der Waals surface area (Å²) in [5.74, 6) is 0.239. The maximum absolute atomic E-state index is 11.2. The summed E-state index contributed by atoms with van der Waals surface area (Å²) in [6.07, 6.45) is 10.3. The highest BCUT2D eigenvalue weighted by molar-refractivity contribution is 5.91. The minimum absolute atomic E-state index is 0.239. The van der Waals surface area contributed by atoms with Gasteiger partial charge in [0.2, 0.25) is 0 Å². The number of allylic oxidation sites excluding steroid dienone is 4. The van der Waals surface area contributed by atoms with Crippen molar-refractivity contribution in [3.63, 3.8) is 0 Å². The van der Waals surface area contributed by atoms with E-state index in [0.717, 1.165) is 56.2 Å². The molecule has 0 aliphatic heterocycles. The largest absolute Gasteiger partial charge is 0.388 e. The van der Waals surface area contributed by atoms with E-state index in [9.17, 15) is 9.59 Å². The topological polar surface area (TPSA) is 46.2 Å². The Morgan fingerprint density at radius 2 is 2.24 bits per heavy atom. The normalized spacial score (nSPS) is 16.6. The van der Waals surface area contributed by atoms with Gasteiger partial charge in [-0.2, -0.15) is 0 Å². The first-order chi connectivity index (χ1) is 8.22. The van der Waals surface area contributed by atoms with Gasteiger partial charge >= 0.3 is 0 Å². The van der Waals surface area contributed by atoms with Gasteiger partial charge in [-0.25, -0.2) is 0 Å². The summed E-state index contributed by atoms with van der Waals surface area (Å²) in [6, 6.07) is 0. The summed E-state index contributed by atoms with van der Waals surface area (Å²) in [5.41, 5.74) is 1.89. The number of ketones is 1. The predicted octanol–water partition coefficient (Wildman–Crippen LogP) is 2.53. The average Bonchev–Trinajstić information content (AvgIpc) is 2.33. The Morgan fingerprint density at radius 1 is 1.41 bits per heavy atom. The van der Waals surface area contributed by atoms with E-state index in [0.29, 0.717) is 6.42 Å². The van der Waals surface area contributed by atoms with Gasteiger partial charge in [0.25, 0.3) is 0 Å². The number of carbonyl (C=O) groups excluding carboxylic acids is 2. The van der Waals surface area contributed by atoms with Gasteiger partial charge in [-0.15, -0.1) is 0 Å². The molecule has 0 saturated carbocycles. The van der Waals surface area contributed by atoms with Crippen molar-refractivity contribution in [2.24, 2.45) is 0 Å². The van der Waals surface area contributed by atoms with Gasteiger partial charge in [0.1, 0.15) is 6.29 Å². The number of nitrogens with one attached hydrogen (secondary N) is 1. The van der Waals surface area contributed by atoms with Gasteiger partial charge in [-0.1, -0.05) is 6.08 Å². The molecule has 1 aliphatic rings. The second kappa shape index (κ2) is 7.82. The molecule has 0 amide bonds. The number of unbranched alkanes of at least 4 members (excludes halogenated alkanes) is 2. The van der Waals surface area contributed by atoms with Gasteiger partial charge in [0.05, 0.1) is 0 Å². The highest BCUT2D eigenvalue weighted by Crippen LogP contribution is 2.12. The van der Waals surface area contributed by atoms with Crippen LogP contribution in [0.5, 0.6) is 0 Å². The second-order valence-corrected chi connectivity index (χ2v) is 4.48. The van der Waals surface area contributed by atoms with Gasteiger partial charge in [0.15, 0.2) is 5.78 Å². The van der Waals surface area contributed by atoms with E-state index in [1.54, 1.807) is 6.08 Å². The zero-order valence-electron chi connectivity index (χ0n) is 10.5. The summed E-state index contributed by atoms with van der Waals surface area (Å²) in [7, 11) is 0. The minimum atomic E-state index is 0.239. The van der Waals surface area contributed by atoms with Crippen LogP contribution in [0.25, 0.3) is 0 Å². The lowest BCUT2D eigenvalue weighted by molar-refractivity contribution is -0.115. The number of carbonyl (C=O) groups is 2. The van der Waals surface area contributed by atoms with Crippen LogP contribution in [0.3, 0.4) is 0 Å². The Labute approximate surface area is 103 Å². The van der Waals surface area contributed by atoms with E-state index in [1.807, 2.05) is 13.0 Å². The molecule has 0 aromatic carbocycles. The zero-order valence-corrected chi connectivity index (χ0v) is 10.5. The highest BCUT2D eigenvalue weighted by atomic mass is 16.1. The van der Waals surface area contributed by atoms with Crippen LogP contribution in [-0.2, 0) is 9.59 Å². The van der Waals surface area contributed by atoms with Crippen LogP contribution in [0.4, 0.5) is 0 Å². The molecule has 0 radical (unpaired) electrons.